The topological polar surface area (TPSA) is 43.8 Å². The molecule has 0 spiro atoms. The van der Waals surface area contributed by atoms with Crippen molar-refractivity contribution < 1.29 is 9.90 Å². The Hall–Kier alpha value is -1.39. The van der Waals surface area contributed by atoms with Gasteiger partial charge in [0.1, 0.15) is 0 Å². The second-order valence-electron chi connectivity index (χ2n) is 5.36. The smallest absolute Gasteiger partial charge is 0.305 e. The fraction of sp³-hybridized carbons (Fsp3) is 0.562. The summed E-state index contributed by atoms with van der Waals surface area (Å²) in [5, 5.41) is 9.20. The summed E-state index contributed by atoms with van der Waals surface area (Å²) in [5.41, 5.74) is 1.09. The molecule has 1 aromatic rings. The zero-order valence-electron chi connectivity index (χ0n) is 12.7. The lowest BCUT2D eigenvalue weighted by atomic mass is 10.0. The first-order valence-electron chi connectivity index (χ1n) is 7.20. The number of hydrogen-bond donors (Lipinski definition) is 1. The van der Waals surface area contributed by atoms with Gasteiger partial charge in [-0.3, -0.25) is 9.69 Å². The van der Waals surface area contributed by atoms with E-state index in [0.29, 0.717) is 0 Å². The lowest BCUT2D eigenvalue weighted by molar-refractivity contribution is -0.138. The highest BCUT2D eigenvalue weighted by molar-refractivity contribution is 5.67. The number of carboxylic acid groups (broad SMARTS) is 1. The van der Waals surface area contributed by atoms with Gasteiger partial charge in [0.25, 0.3) is 0 Å². The van der Waals surface area contributed by atoms with Gasteiger partial charge in [-0.25, -0.2) is 0 Å². The van der Waals surface area contributed by atoms with Crippen LogP contribution < -0.4 is 0 Å². The summed E-state index contributed by atoms with van der Waals surface area (Å²) >= 11 is 0. The molecule has 4 nitrogen and oxygen atoms in total. The van der Waals surface area contributed by atoms with E-state index in [2.05, 4.69) is 16.7 Å². The predicted octanol–water partition coefficient (Wildman–Crippen LogP) is 2.48. The number of aliphatic carboxylic acids is 1. The van der Waals surface area contributed by atoms with Crippen molar-refractivity contribution in [2.24, 2.45) is 0 Å². The van der Waals surface area contributed by atoms with Crippen molar-refractivity contribution in [3.05, 3.63) is 35.9 Å². The first-order valence-corrected chi connectivity index (χ1v) is 7.20. The Labute approximate surface area is 122 Å². The molecule has 0 amide bonds. The maximum absolute atomic E-state index is 11.2. The first kappa shape index (κ1) is 16.7. The van der Waals surface area contributed by atoms with Crippen LogP contribution in [-0.2, 0) is 4.79 Å². The normalized spacial score (nSPS) is 12.8. The Kier molecular flexibility index (Phi) is 7.26. The fourth-order valence-electron chi connectivity index (χ4n) is 2.34. The van der Waals surface area contributed by atoms with Crippen molar-refractivity contribution in [2.45, 2.75) is 25.8 Å². The van der Waals surface area contributed by atoms with Crippen molar-refractivity contribution in [3.63, 3.8) is 0 Å². The van der Waals surface area contributed by atoms with Gasteiger partial charge in [0.2, 0.25) is 0 Å². The minimum atomic E-state index is -0.746. The third-order valence-corrected chi connectivity index (χ3v) is 3.34. The monoisotopic (exact) mass is 278 g/mol. The van der Waals surface area contributed by atoms with Crippen molar-refractivity contribution in [1.82, 2.24) is 9.80 Å². The standard InChI is InChI=1S/C16H26N2O2/c1-4-10-18(12-11-17(2)3)15(13-16(19)20)14-8-6-5-7-9-14/h5-9,15H,4,10-13H2,1-3H3,(H,19,20). The van der Waals surface area contributed by atoms with Gasteiger partial charge in [0, 0.05) is 19.1 Å². The first-order chi connectivity index (χ1) is 9.54. The van der Waals surface area contributed by atoms with Gasteiger partial charge in [-0.1, -0.05) is 37.3 Å². The van der Waals surface area contributed by atoms with Gasteiger partial charge in [0.05, 0.1) is 6.42 Å². The number of likely N-dealkylation sites (N-methyl/N-ethyl adjacent to an activating group) is 1. The van der Waals surface area contributed by atoms with Crippen molar-refractivity contribution in [1.29, 1.82) is 0 Å². The molecule has 0 aliphatic carbocycles. The Balaban J connectivity index is 2.89. The highest BCUT2D eigenvalue weighted by atomic mass is 16.4. The van der Waals surface area contributed by atoms with Crippen molar-refractivity contribution >= 4 is 5.97 Å². The highest BCUT2D eigenvalue weighted by Crippen LogP contribution is 2.24. The van der Waals surface area contributed by atoms with Gasteiger partial charge in [-0.2, -0.15) is 0 Å². The number of nitrogens with zero attached hydrogens (tertiary/aromatic N) is 2. The summed E-state index contributed by atoms with van der Waals surface area (Å²) in [4.78, 5) is 15.6. The Morgan fingerprint density at radius 2 is 1.80 bits per heavy atom. The number of benzene rings is 1. The molecular weight excluding hydrogens is 252 g/mol. The second-order valence-corrected chi connectivity index (χ2v) is 5.36. The van der Waals surface area contributed by atoms with Gasteiger partial charge in [0.15, 0.2) is 0 Å². The maximum atomic E-state index is 11.2. The molecule has 1 aromatic carbocycles. The zero-order chi connectivity index (χ0) is 15.0. The summed E-state index contributed by atoms with van der Waals surface area (Å²) in [5.74, 6) is -0.746. The number of carbonyl (C=O) groups is 1. The van der Waals surface area contributed by atoms with Crippen molar-refractivity contribution in [3.8, 4) is 0 Å². The minimum Gasteiger partial charge on any atom is -0.481 e. The summed E-state index contributed by atoms with van der Waals surface area (Å²) in [6.45, 7) is 4.86. The number of rotatable bonds is 9. The minimum absolute atomic E-state index is 0.0476. The Bertz CT molecular complexity index is 393. The lowest BCUT2D eigenvalue weighted by Crippen LogP contribution is -2.36. The fourth-order valence-corrected chi connectivity index (χ4v) is 2.34. The van der Waals surface area contributed by atoms with E-state index in [1.807, 2.05) is 44.4 Å². The van der Waals surface area contributed by atoms with Crippen LogP contribution in [-0.4, -0.2) is 54.6 Å². The van der Waals surface area contributed by atoms with E-state index in [4.69, 9.17) is 0 Å². The van der Waals surface area contributed by atoms with E-state index in [9.17, 15) is 9.90 Å². The highest BCUT2D eigenvalue weighted by Gasteiger charge is 2.22. The van der Waals surface area contributed by atoms with Crippen LogP contribution in [0.3, 0.4) is 0 Å². The average Bonchev–Trinajstić information content (AvgIpc) is 2.41. The molecule has 0 saturated heterocycles. The molecule has 0 aliphatic rings. The molecule has 1 rings (SSSR count). The number of hydrogen-bond acceptors (Lipinski definition) is 3. The van der Waals surface area contributed by atoms with Crippen molar-refractivity contribution in [2.75, 3.05) is 33.7 Å². The molecular formula is C16H26N2O2. The molecule has 0 aliphatic heterocycles. The van der Waals surface area contributed by atoms with Crippen LogP contribution in [0.2, 0.25) is 0 Å². The number of carboxylic acids is 1. The third-order valence-electron chi connectivity index (χ3n) is 3.34. The molecule has 1 N–H and O–H groups in total. The SMILES string of the molecule is CCCN(CCN(C)C)C(CC(=O)O)c1ccccc1. The molecule has 0 bridgehead atoms. The lowest BCUT2D eigenvalue weighted by Gasteiger charge is -2.32. The second kappa shape index (κ2) is 8.72. The van der Waals surface area contributed by atoms with Gasteiger partial charge in [-0.15, -0.1) is 0 Å². The molecule has 0 fully saturated rings. The summed E-state index contributed by atoms with van der Waals surface area (Å²) in [6.07, 6.45) is 1.17. The third kappa shape index (κ3) is 5.72. The largest absolute Gasteiger partial charge is 0.481 e. The van der Waals surface area contributed by atoms with Crippen LogP contribution in [0.4, 0.5) is 0 Å². The molecule has 0 aromatic heterocycles. The molecule has 20 heavy (non-hydrogen) atoms. The molecule has 0 heterocycles. The molecule has 112 valence electrons. The molecule has 0 saturated carbocycles. The van der Waals surface area contributed by atoms with E-state index in [0.717, 1.165) is 31.6 Å². The predicted molar refractivity (Wildman–Crippen MR) is 81.9 cm³/mol. The van der Waals surface area contributed by atoms with Crippen LogP contribution in [0.5, 0.6) is 0 Å². The Morgan fingerprint density at radius 1 is 1.15 bits per heavy atom. The van der Waals surface area contributed by atoms with E-state index >= 15 is 0 Å². The molecule has 1 unspecified atom stereocenters. The van der Waals surface area contributed by atoms with Crippen LogP contribution in [0, 0.1) is 0 Å². The molecule has 0 radical (unpaired) electrons. The van der Waals surface area contributed by atoms with E-state index in [1.165, 1.54) is 0 Å². The van der Waals surface area contributed by atoms with Crippen LogP contribution in [0.1, 0.15) is 31.4 Å². The van der Waals surface area contributed by atoms with E-state index < -0.39 is 5.97 Å². The Morgan fingerprint density at radius 3 is 2.30 bits per heavy atom. The summed E-state index contributed by atoms with van der Waals surface area (Å²) in [7, 11) is 4.08. The summed E-state index contributed by atoms with van der Waals surface area (Å²) in [6, 6.07) is 9.90. The van der Waals surface area contributed by atoms with Gasteiger partial charge in [-0.05, 0) is 32.6 Å². The van der Waals surface area contributed by atoms with Gasteiger partial charge < -0.3 is 10.0 Å². The molecule has 4 heteroatoms. The van der Waals surface area contributed by atoms with Crippen LogP contribution in [0.25, 0.3) is 0 Å². The van der Waals surface area contributed by atoms with Crippen LogP contribution >= 0.6 is 0 Å². The van der Waals surface area contributed by atoms with E-state index in [-0.39, 0.29) is 12.5 Å². The maximum Gasteiger partial charge on any atom is 0.305 e. The zero-order valence-corrected chi connectivity index (χ0v) is 12.7. The quantitative estimate of drug-likeness (QED) is 0.753. The van der Waals surface area contributed by atoms with Crippen LogP contribution in [0.15, 0.2) is 30.3 Å². The summed E-state index contributed by atoms with van der Waals surface area (Å²) < 4.78 is 0. The van der Waals surface area contributed by atoms with Gasteiger partial charge >= 0.3 is 5.97 Å². The van der Waals surface area contributed by atoms with E-state index in [1.54, 1.807) is 0 Å². The molecule has 1 atom stereocenters. The average molecular weight is 278 g/mol.